The third-order valence-corrected chi connectivity index (χ3v) is 15.0. The Morgan fingerprint density at radius 3 is 2.19 bits per heavy atom. The van der Waals surface area contributed by atoms with Crippen molar-refractivity contribution in [3.63, 3.8) is 0 Å². The fraction of sp³-hybridized carbons (Fsp3) is 0.868. The second-order valence-corrected chi connectivity index (χ2v) is 19.4. The summed E-state index contributed by atoms with van der Waals surface area (Å²) in [7, 11) is -1.54. The molecule has 0 radical (unpaired) electrons. The highest BCUT2D eigenvalue weighted by atomic mass is 32.2. The molecule has 5 rings (SSSR count). The smallest absolute Gasteiger partial charge is 0.315 e. The van der Waals surface area contributed by atoms with Crippen LogP contribution in [-0.4, -0.2) is 116 Å². The quantitative estimate of drug-likeness (QED) is 0.288. The van der Waals surface area contributed by atoms with Crippen LogP contribution < -0.4 is 21.3 Å². The first-order chi connectivity index (χ1) is 24.7. The van der Waals surface area contributed by atoms with E-state index in [-0.39, 0.29) is 28.9 Å². The van der Waals surface area contributed by atoms with Crippen molar-refractivity contribution >= 4 is 39.4 Å². The van der Waals surface area contributed by atoms with E-state index >= 15 is 0 Å². The largest absolute Gasteiger partial charge is 0.349 e. The number of nitrogens with zero attached hydrogens (tertiary/aromatic N) is 2. The number of sulfone groups is 1. The Bertz CT molecular complexity index is 1430. The monoisotopic (exact) mass is 748 g/mol. The van der Waals surface area contributed by atoms with Crippen molar-refractivity contribution in [3.05, 3.63) is 0 Å². The van der Waals surface area contributed by atoms with Crippen molar-refractivity contribution in [2.45, 2.75) is 152 Å². The van der Waals surface area contributed by atoms with Gasteiger partial charge in [0.25, 0.3) is 5.91 Å². The minimum absolute atomic E-state index is 0.0489. The number of carbonyl (C=O) groups excluding carboxylic acids is 5. The molecular formula is C38H64N6O7S. The van der Waals surface area contributed by atoms with Crippen LogP contribution in [-0.2, 0) is 29.0 Å². The van der Waals surface area contributed by atoms with Gasteiger partial charge in [-0.3, -0.25) is 19.2 Å². The molecule has 14 heteroatoms. The number of ketones is 1. The predicted octanol–water partition coefficient (Wildman–Crippen LogP) is 3.06. The number of amides is 5. The van der Waals surface area contributed by atoms with Crippen LogP contribution >= 0.6 is 0 Å². The lowest BCUT2D eigenvalue weighted by molar-refractivity contribution is -0.145. The molecule has 6 atom stereocenters. The zero-order valence-electron chi connectivity index (χ0n) is 32.0. The van der Waals surface area contributed by atoms with Crippen LogP contribution in [0.5, 0.6) is 0 Å². The van der Waals surface area contributed by atoms with Gasteiger partial charge in [0.1, 0.15) is 12.1 Å². The van der Waals surface area contributed by atoms with Crippen LogP contribution in [0.2, 0.25) is 0 Å². The zero-order valence-corrected chi connectivity index (χ0v) is 32.8. The average Bonchev–Trinajstić information content (AvgIpc) is 3.44. The van der Waals surface area contributed by atoms with E-state index in [1.54, 1.807) is 4.90 Å². The van der Waals surface area contributed by atoms with Gasteiger partial charge >= 0.3 is 6.03 Å². The Morgan fingerprint density at radius 1 is 0.904 bits per heavy atom. The fourth-order valence-electron chi connectivity index (χ4n) is 9.98. The van der Waals surface area contributed by atoms with Crippen LogP contribution in [0.25, 0.3) is 0 Å². The molecule has 5 aliphatic rings. The first-order valence-corrected chi connectivity index (χ1v) is 21.8. The van der Waals surface area contributed by atoms with Gasteiger partial charge in [0.05, 0.1) is 22.6 Å². The molecule has 294 valence electrons. The molecule has 1 unspecified atom stereocenters. The zero-order chi connectivity index (χ0) is 37.7. The van der Waals surface area contributed by atoms with Crippen LogP contribution in [0, 0.1) is 17.3 Å². The van der Waals surface area contributed by atoms with Crippen molar-refractivity contribution in [2.24, 2.45) is 17.3 Å². The molecule has 2 aliphatic carbocycles. The van der Waals surface area contributed by atoms with Crippen LogP contribution in [0.1, 0.15) is 124 Å². The molecule has 5 fully saturated rings. The number of hydrogen-bond donors (Lipinski definition) is 4. The van der Waals surface area contributed by atoms with Gasteiger partial charge in [0.2, 0.25) is 17.6 Å². The molecule has 0 aromatic carbocycles. The van der Waals surface area contributed by atoms with E-state index in [2.05, 4.69) is 35.1 Å². The van der Waals surface area contributed by atoms with Gasteiger partial charge in [0, 0.05) is 26.2 Å². The van der Waals surface area contributed by atoms with E-state index in [1.807, 2.05) is 18.9 Å². The highest BCUT2D eigenvalue weighted by molar-refractivity contribution is 7.92. The standard InChI is InChI=1S/C38H64N6O7S/c1-5-20-39-34(47)32(45)27-16-12-9-7-6-8-10-13-17-28(35(48)44-24-26-23-37(2,3)30(26)31(44)33(46)40-27)41-36(49)42-38(18-14-11-15-19-38)29-25-43(4)21-22-52(29,50)51/h26-31H,5-25H2,1-4H3,(H,39,47)(H,40,46)(H2,41,42,49)/t26?,27-,28-,29+,30-,31-/m0/s1. The molecule has 3 aliphatic heterocycles. The van der Waals surface area contributed by atoms with Crippen molar-refractivity contribution in [3.8, 4) is 0 Å². The fourth-order valence-corrected chi connectivity index (χ4v) is 12.3. The number of Topliss-reactive ketones (excluding diaryl/α,β-unsaturated/α-hetero) is 1. The summed E-state index contributed by atoms with van der Waals surface area (Å²) in [6.07, 6.45) is 12.0. The summed E-state index contributed by atoms with van der Waals surface area (Å²) >= 11 is 0. The Balaban J connectivity index is 1.40. The summed E-state index contributed by atoms with van der Waals surface area (Å²) in [5.41, 5.74) is -1.14. The molecule has 3 heterocycles. The predicted molar refractivity (Wildman–Crippen MR) is 199 cm³/mol. The first kappa shape index (κ1) is 40.4. The van der Waals surface area contributed by atoms with E-state index in [4.69, 9.17) is 0 Å². The minimum Gasteiger partial charge on any atom is -0.349 e. The summed E-state index contributed by atoms with van der Waals surface area (Å²) in [5.74, 6) is -2.12. The Kier molecular flexibility index (Phi) is 13.3. The van der Waals surface area contributed by atoms with Crippen molar-refractivity contribution < 1.29 is 32.4 Å². The van der Waals surface area contributed by atoms with Gasteiger partial charge in [-0.1, -0.05) is 85.0 Å². The second-order valence-electron chi connectivity index (χ2n) is 17.1. The maximum atomic E-state index is 14.7. The maximum Gasteiger partial charge on any atom is 0.315 e. The number of carbonyl (C=O) groups is 5. The van der Waals surface area contributed by atoms with Gasteiger partial charge in [-0.05, 0) is 62.8 Å². The lowest BCUT2D eigenvalue weighted by atomic mass is 9.55. The number of rotatable bonds is 7. The summed E-state index contributed by atoms with van der Waals surface area (Å²) in [6.45, 7) is 7.64. The number of nitrogens with one attached hydrogen (secondary N) is 4. The third kappa shape index (κ3) is 9.13. The van der Waals surface area contributed by atoms with E-state index in [0.29, 0.717) is 64.7 Å². The van der Waals surface area contributed by atoms with Gasteiger partial charge in [-0.25, -0.2) is 13.2 Å². The average molecular weight is 749 g/mol. The van der Waals surface area contributed by atoms with E-state index < -0.39 is 62.4 Å². The second kappa shape index (κ2) is 17.2. The van der Waals surface area contributed by atoms with Gasteiger partial charge in [0.15, 0.2) is 9.84 Å². The molecule has 4 N–H and O–H groups in total. The lowest BCUT2D eigenvalue weighted by Gasteiger charge is -2.49. The highest BCUT2D eigenvalue weighted by Gasteiger charge is 2.61. The van der Waals surface area contributed by atoms with Crippen LogP contribution in [0.15, 0.2) is 0 Å². The van der Waals surface area contributed by atoms with Gasteiger partial charge in [-0.2, -0.15) is 0 Å². The summed E-state index contributed by atoms with van der Waals surface area (Å²) in [4.78, 5) is 72.8. The highest BCUT2D eigenvalue weighted by Crippen LogP contribution is 2.57. The molecule has 0 aromatic heterocycles. The topological polar surface area (TPSA) is 174 Å². The Morgan fingerprint density at radius 2 is 1.54 bits per heavy atom. The SMILES string of the molecule is CCCNC(=O)C(=O)[C@@H]1CCCCCCCCC[C@H](NC(=O)NC2([C@H]3CN(C)CCS3(=O)=O)CCCCC2)C(=O)N2CC3CC(C)(C)[C@@H]3[C@H]2C(=O)N1. The van der Waals surface area contributed by atoms with Gasteiger partial charge in [-0.15, -0.1) is 0 Å². The maximum absolute atomic E-state index is 14.7. The number of urea groups is 1. The van der Waals surface area contributed by atoms with E-state index in [9.17, 15) is 32.4 Å². The molecule has 0 bridgehead atoms. The van der Waals surface area contributed by atoms with Crippen molar-refractivity contribution in [2.75, 3.05) is 39.0 Å². The molecule has 2 saturated carbocycles. The summed E-state index contributed by atoms with van der Waals surface area (Å²) < 4.78 is 26.9. The van der Waals surface area contributed by atoms with Crippen molar-refractivity contribution in [1.29, 1.82) is 0 Å². The van der Waals surface area contributed by atoms with Gasteiger partial charge < -0.3 is 31.1 Å². The molecule has 52 heavy (non-hydrogen) atoms. The van der Waals surface area contributed by atoms with Crippen LogP contribution in [0.3, 0.4) is 0 Å². The molecule has 0 aromatic rings. The molecular weight excluding hydrogens is 685 g/mol. The number of hydrogen-bond acceptors (Lipinski definition) is 8. The first-order valence-electron chi connectivity index (χ1n) is 20.1. The normalized spacial score (nSPS) is 32.7. The summed E-state index contributed by atoms with van der Waals surface area (Å²) in [6, 6.07) is -3.29. The third-order valence-electron chi connectivity index (χ3n) is 12.7. The molecule has 3 saturated heterocycles. The molecule has 0 spiro atoms. The minimum atomic E-state index is -3.45. The van der Waals surface area contributed by atoms with Crippen molar-refractivity contribution in [1.82, 2.24) is 31.1 Å². The summed E-state index contributed by atoms with van der Waals surface area (Å²) in [5, 5.41) is 11.0. The van der Waals surface area contributed by atoms with Crippen LogP contribution in [0.4, 0.5) is 4.79 Å². The Hall–Kier alpha value is -2.74. The number of fused-ring (bicyclic) bond motifs is 3. The molecule has 5 amide bonds. The lowest BCUT2D eigenvalue weighted by Crippen LogP contribution is -2.67. The van der Waals surface area contributed by atoms with E-state index in [1.165, 1.54) is 0 Å². The molecule has 13 nitrogen and oxygen atoms in total. The Labute approximate surface area is 310 Å². The van der Waals surface area contributed by atoms with E-state index in [0.717, 1.165) is 64.2 Å².